The van der Waals surface area contributed by atoms with Gasteiger partial charge in [0.15, 0.2) is 0 Å². The van der Waals surface area contributed by atoms with Gasteiger partial charge in [0.05, 0.1) is 11.4 Å². The molecule has 0 radical (unpaired) electrons. The minimum Gasteiger partial charge on any atom is -0.260 e. The highest BCUT2D eigenvalue weighted by atomic mass is 32.2. The van der Waals surface area contributed by atoms with Crippen molar-refractivity contribution in [3.05, 3.63) is 59.4 Å². The average molecular weight is 297 g/mol. The van der Waals surface area contributed by atoms with E-state index in [-0.39, 0.29) is 0 Å². The van der Waals surface area contributed by atoms with Crippen LogP contribution in [0.25, 0.3) is 5.69 Å². The Morgan fingerprint density at radius 3 is 2.81 bits per heavy atom. The van der Waals surface area contributed by atoms with Gasteiger partial charge in [0.1, 0.15) is 0 Å². The predicted octanol–water partition coefficient (Wildman–Crippen LogP) is 2.97. The van der Waals surface area contributed by atoms with Gasteiger partial charge in [-0.25, -0.2) is 0 Å². The maximum absolute atomic E-state index is 4.31. The molecule has 0 saturated heterocycles. The second-order valence-corrected chi connectivity index (χ2v) is 5.64. The normalized spacial score (nSPS) is 10.8. The molecule has 0 atom stereocenters. The van der Waals surface area contributed by atoms with Crippen LogP contribution in [0.3, 0.4) is 0 Å². The van der Waals surface area contributed by atoms with Crippen molar-refractivity contribution in [2.45, 2.75) is 24.8 Å². The zero-order valence-electron chi connectivity index (χ0n) is 11.9. The first-order valence-electron chi connectivity index (χ1n) is 6.63. The first-order valence-corrected chi connectivity index (χ1v) is 7.62. The molecule has 6 heteroatoms. The summed E-state index contributed by atoms with van der Waals surface area (Å²) in [4.78, 5) is 4.31. The number of hydrogen-bond donors (Lipinski definition) is 0. The Hall–Kier alpha value is -2.21. The van der Waals surface area contributed by atoms with Crippen LogP contribution in [0.1, 0.15) is 16.8 Å². The molecule has 1 aromatic carbocycles. The number of hydrogen-bond acceptors (Lipinski definition) is 5. The lowest BCUT2D eigenvalue weighted by atomic mass is 10.1. The predicted molar refractivity (Wildman–Crippen MR) is 82.4 cm³/mol. The minimum atomic E-state index is 0.742. The van der Waals surface area contributed by atoms with Crippen LogP contribution < -0.4 is 0 Å². The fraction of sp³-hybridized carbons (Fsp3) is 0.200. The number of benzene rings is 1. The van der Waals surface area contributed by atoms with E-state index in [1.54, 1.807) is 22.6 Å². The molecule has 0 fully saturated rings. The zero-order chi connectivity index (χ0) is 14.7. The molecule has 0 spiro atoms. The summed E-state index contributed by atoms with van der Waals surface area (Å²) in [6, 6.07) is 12.0. The smallest absolute Gasteiger partial charge is 0.214 e. The number of pyridine rings is 1. The summed E-state index contributed by atoms with van der Waals surface area (Å²) in [5, 5.41) is 12.8. The largest absolute Gasteiger partial charge is 0.260 e. The van der Waals surface area contributed by atoms with Gasteiger partial charge in [-0.05, 0) is 53.6 Å². The lowest BCUT2D eigenvalue weighted by Crippen LogP contribution is -2.02. The molecule has 0 amide bonds. The molecule has 0 aliphatic heterocycles. The quantitative estimate of drug-likeness (QED) is 0.693. The van der Waals surface area contributed by atoms with Crippen LogP contribution in [0.15, 0.2) is 47.8 Å². The van der Waals surface area contributed by atoms with Crippen LogP contribution in [0.2, 0.25) is 0 Å². The van der Waals surface area contributed by atoms with Gasteiger partial charge >= 0.3 is 0 Å². The van der Waals surface area contributed by atoms with Gasteiger partial charge in [-0.3, -0.25) is 4.98 Å². The molecule has 0 saturated carbocycles. The molecular weight excluding hydrogens is 282 g/mol. The van der Waals surface area contributed by atoms with E-state index in [1.165, 1.54) is 11.1 Å². The molecule has 5 nitrogen and oxygen atoms in total. The Bertz CT molecular complexity index is 739. The van der Waals surface area contributed by atoms with Crippen LogP contribution in [-0.2, 0) is 5.75 Å². The molecule has 3 aromatic rings. The molecule has 0 unspecified atom stereocenters. The number of aromatic nitrogens is 5. The molecule has 0 aliphatic carbocycles. The maximum atomic E-state index is 4.31. The zero-order valence-corrected chi connectivity index (χ0v) is 12.7. The minimum absolute atomic E-state index is 0.742. The SMILES string of the molecule is Cc1cccc(-n2nnnc2SCc2ccccn2)c1C. The Morgan fingerprint density at radius 1 is 1.10 bits per heavy atom. The maximum Gasteiger partial charge on any atom is 0.214 e. The van der Waals surface area contributed by atoms with E-state index in [0.717, 1.165) is 22.3 Å². The summed E-state index contributed by atoms with van der Waals surface area (Å²) in [5.41, 5.74) is 4.44. The van der Waals surface area contributed by atoms with Crippen molar-refractivity contribution in [1.82, 2.24) is 25.2 Å². The van der Waals surface area contributed by atoms with Crippen LogP contribution in [0.4, 0.5) is 0 Å². The van der Waals surface area contributed by atoms with Crippen molar-refractivity contribution >= 4 is 11.8 Å². The highest BCUT2D eigenvalue weighted by Crippen LogP contribution is 2.24. The Morgan fingerprint density at radius 2 is 2.00 bits per heavy atom. The van der Waals surface area contributed by atoms with E-state index in [0.29, 0.717) is 0 Å². The molecule has 2 aromatic heterocycles. The Kier molecular flexibility index (Phi) is 3.96. The summed E-state index contributed by atoms with van der Waals surface area (Å²) in [7, 11) is 0. The first-order chi connectivity index (χ1) is 10.3. The topological polar surface area (TPSA) is 56.5 Å². The number of tetrazole rings is 1. The van der Waals surface area contributed by atoms with Crippen molar-refractivity contribution in [1.29, 1.82) is 0 Å². The molecule has 106 valence electrons. The molecule has 0 aliphatic rings. The molecule has 2 heterocycles. The van der Waals surface area contributed by atoms with Crippen molar-refractivity contribution in [2.75, 3.05) is 0 Å². The van der Waals surface area contributed by atoms with Gasteiger partial charge in [0.25, 0.3) is 0 Å². The summed E-state index contributed by atoms with van der Waals surface area (Å²) in [5.74, 6) is 0.742. The van der Waals surface area contributed by atoms with Gasteiger partial charge < -0.3 is 0 Å². The van der Waals surface area contributed by atoms with Gasteiger partial charge in [0.2, 0.25) is 5.16 Å². The van der Waals surface area contributed by atoms with Gasteiger partial charge in [0, 0.05) is 11.9 Å². The molecule has 21 heavy (non-hydrogen) atoms. The molecule has 0 bridgehead atoms. The Labute approximate surface area is 127 Å². The first kappa shape index (κ1) is 13.8. The third-order valence-electron chi connectivity index (χ3n) is 3.32. The van der Waals surface area contributed by atoms with E-state index in [2.05, 4.69) is 40.4 Å². The molecule has 0 N–H and O–H groups in total. The Balaban J connectivity index is 1.86. The van der Waals surface area contributed by atoms with Crippen molar-refractivity contribution < 1.29 is 0 Å². The molecule has 3 rings (SSSR count). The van der Waals surface area contributed by atoms with Crippen LogP contribution in [0, 0.1) is 13.8 Å². The fourth-order valence-electron chi connectivity index (χ4n) is 2.01. The standard InChI is InChI=1S/C15H15N5S/c1-11-6-5-8-14(12(11)2)20-15(17-18-19-20)21-10-13-7-3-4-9-16-13/h3-9H,10H2,1-2H3. The van der Waals surface area contributed by atoms with Crippen LogP contribution in [0.5, 0.6) is 0 Å². The monoisotopic (exact) mass is 297 g/mol. The van der Waals surface area contributed by atoms with E-state index < -0.39 is 0 Å². The molecular formula is C15H15N5S. The third-order valence-corrected chi connectivity index (χ3v) is 4.27. The fourth-order valence-corrected chi connectivity index (χ4v) is 2.81. The van der Waals surface area contributed by atoms with E-state index in [9.17, 15) is 0 Å². The van der Waals surface area contributed by atoms with Gasteiger partial charge in [-0.1, -0.05) is 30.0 Å². The highest BCUT2D eigenvalue weighted by Gasteiger charge is 2.12. The average Bonchev–Trinajstić information content (AvgIpc) is 2.97. The summed E-state index contributed by atoms with van der Waals surface area (Å²) in [6.45, 7) is 4.17. The van der Waals surface area contributed by atoms with Crippen molar-refractivity contribution in [3.8, 4) is 5.69 Å². The second-order valence-electron chi connectivity index (χ2n) is 4.70. The lowest BCUT2D eigenvalue weighted by molar-refractivity contribution is 0.751. The number of aryl methyl sites for hydroxylation is 1. The second kappa shape index (κ2) is 6.05. The van der Waals surface area contributed by atoms with Crippen molar-refractivity contribution in [2.24, 2.45) is 0 Å². The van der Waals surface area contributed by atoms with Crippen LogP contribution >= 0.6 is 11.8 Å². The van der Waals surface area contributed by atoms with Gasteiger partial charge in [-0.15, -0.1) is 5.10 Å². The van der Waals surface area contributed by atoms with E-state index in [4.69, 9.17) is 0 Å². The highest BCUT2D eigenvalue weighted by molar-refractivity contribution is 7.98. The van der Waals surface area contributed by atoms with Gasteiger partial charge in [-0.2, -0.15) is 4.68 Å². The van der Waals surface area contributed by atoms with E-state index in [1.807, 2.05) is 30.3 Å². The van der Waals surface area contributed by atoms with Crippen molar-refractivity contribution in [3.63, 3.8) is 0 Å². The number of rotatable bonds is 4. The number of thioether (sulfide) groups is 1. The summed E-state index contributed by atoms with van der Waals surface area (Å²) < 4.78 is 1.79. The van der Waals surface area contributed by atoms with E-state index >= 15 is 0 Å². The summed E-state index contributed by atoms with van der Waals surface area (Å²) in [6.07, 6.45) is 1.80. The number of nitrogens with zero attached hydrogens (tertiary/aromatic N) is 5. The summed E-state index contributed by atoms with van der Waals surface area (Å²) >= 11 is 1.58. The third kappa shape index (κ3) is 2.95. The van der Waals surface area contributed by atoms with Crippen LogP contribution in [-0.4, -0.2) is 25.2 Å². The lowest BCUT2D eigenvalue weighted by Gasteiger charge is -2.09.